The Morgan fingerprint density at radius 3 is 2.41 bits per heavy atom. The summed E-state index contributed by atoms with van der Waals surface area (Å²) >= 11 is 6.15. The second-order valence-corrected chi connectivity index (χ2v) is 8.84. The number of nitrogens with zero attached hydrogens (tertiary/aromatic N) is 4. The second-order valence-electron chi connectivity index (χ2n) is 8.44. The van der Waals surface area contributed by atoms with Crippen LogP contribution in [0, 0.1) is 16.7 Å². The smallest absolute Gasteiger partial charge is 0.452 e. The molecule has 1 saturated carbocycles. The van der Waals surface area contributed by atoms with Gasteiger partial charge in [-0.05, 0) is 30.5 Å². The maximum Gasteiger partial charge on any atom is 0.459 e. The summed E-state index contributed by atoms with van der Waals surface area (Å²) in [6, 6.07) is 5.46. The van der Waals surface area contributed by atoms with E-state index in [2.05, 4.69) is 19.9 Å². The van der Waals surface area contributed by atoms with Crippen molar-refractivity contribution < 1.29 is 49.8 Å². The first kappa shape index (κ1) is 31.2. The van der Waals surface area contributed by atoms with Crippen LogP contribution in [-0.2, 0) is 17.7 Å². The number of allylic oxidation sites excluding steroid dienone is 1. The van der Waals surface area contributed by atoms with Crippen LogP contribution in [-0.4, -0.2) is 58.3 Å². The Morgan fingerprint density at radius 1 is 1.29 bits per heavy atom. The van der Waals surface area contributed by atoms with Gasteiger partial charge in [0.25, 0.3) is 5.91 Å². The Balaban J connectivity index is 2.05. The number of benzene rings is 1. The van der Waals surface area contributed by atoms with Gasteiger partial charge in [0.2, 0.25) is 0 Å². The van der Waals surface area contributed by atoms with Crippen LogP contribution in [0.4, 0.5) is 41.3 Å². The Kier molecular flexibility index (Phi) is 8.58. The monoisotopic (exact) mass is 610 g/mol. The van der Waals surface area contributed by atoms with E-state index < -0.39 is 53.5 Å². The Bertz CT molecular complexity index is 1450. The van der Waals surface area contributed by atoms with Crippen molar-refractivity contribution >= 4 is 41.2 Å². The quantitative estimate of drug-likeness (QED) is 0.275. The third-order valence-electron chi connectivity index (χ3n) is 5.83. The van der Waals surface area contributed by atoms with Crippen LogP contribution in [0.15, 0.2) is 24.4 Å². The minimum Gasteiger partial charge on any atom is -0.452 e. The maximum atomic E-state index is 14.0. The number of nitriles is 1. The van der Waals surface area contributed by atoms with Crippen molar-refractivity contribution in [3.8, 4) is 11.8 Å². The van der Waals surface area contributed by atoms with Crippen molar-refractivity contribution in [2.75, 3.05) is 12.4 Å². The van der Waals surface area contributed by atoms with Crippen LogP contribution in [0.5, 0.6) is 5.75 Å². The molecular formula is C23H18ClF7N6O4. The number of nitrogens with one attached hydrogen (secondary N) is 2. The molecule has 1 aromatic heterocycles. The van der Waals surface area contributed by atoms with E-state index in [-0.39, 0.29) is 34.6 Å². The van der Waals surface area contributed by atoms with Gasteiger partial charge in [0, 0.05) is 25.0 Å². The molecule has 0 saturated heterocycles. The fraction of sp³-hybridized carbons (Fsp3) is 0.348. The van der Waals surface area contributed by atoms with Gasteiger partial charge < -0.3 is 20.2 Å². The molecule has 2 N–H and O–H groups in total. The van der Waals surface area contributed by atoms with E-state index in [4.69, 9.17) is 17.0 Å². The summed E-state index contributed by atoms with van der Waals surface area (Å²) in [7, 11) is 1.87. The summed E-state index contributed by atoms with van der Waals surface area (Å²) < 4.78 is 102. The molecule has 41 heavy (non-hydrogen) atoms. The lowest BCUT2D eigenvalue weighted by molar-refractivity contribution is -0.291. The average molecular weight is 611 g/mol. The number of methoxy groups -OCH3 is 1. The van der Waals surface area contributed by atoms with E-state index in [1.807, 2.05) is 6.07 Å². The fourth-order valence-corrected chi connectivity index (χ4v) is 3.79. The molecule has 1 aliphatic carbocycles. The molecule has 1 fully saturated rings. The Hall–Kier alpha value is -4.33. The largest absolute Gasteiger partial charge is 0.459 e. The highest BCUT2D eigenvalue weighted by Crippen LogP contribution is 2.49. The number of anilines is 1. The topological polar surface area (TPSA) is 133 Å². The number of ether oxygens (including phenoxy) is 2. The molecule has 0 aliphatic heterocycles. The number of aromatic nitrogens is 2. The predicted octanol–water partition coefficient (Wildman–Crippen LogP) is 5.70. The lowest BCUT2D eigenvalue weighted by Gasteiger charge is -2.24. The molecule has 2 aromatic rings. The number of amides is 2. The summed E-state index contributed by atoms with van der Waals surface area (Å²) in [4.78, 5) is 26.2. The summed E-state index contributed by atoms with van der Waals surface area (Å²) in [5.74, 6) is -9.13. The van der Waals surface area contributed by atoms with Gasteiger partial charge in [0.05, 0.1) is 23.8 Å². The number of hydrogen-bond acceptors (Lipinski definition) is 8. The van der Waals surface area contributed by atoms with Crippen LogP contribution >= 0.6 is 11.6 Å². The summed E-state index contributed by atoms with van der Waals surface area (Å²) in [6.07, 6.45) is -5.44. The molecule has 1 aromatic carbocycles. The van der Waals surface area contributed by atoms with Gasteiger partial charge in [-0.15, -0.1) is 0 Å². The van der Waals surface area contributed by atoms with Gasteiger partial charge in [-0.25, -0.2) is 14.4 Å². The maximum absolute atomic E-state index is 14.0. The van der Waals surface area contributed by atoms with Crippen LogP contribution in [0.1, 0.15) is 34.5 Å². The highest BCUT2D eigenvalue weighted by Gasteiger charge is 2.62. The van der Waals surface area contributed by atoms with Crippen molar-refractivity contribution in [3.05, 3.63) is 46.2 Å². The minimum absolute atomic E-state index is 0.0196. The van der Waals surface area contributed by atoms with Crippen molar-refractivity contribution in [1.29, 1.82) is 10.7 Å². The number of halogens is 8. The molecule has 0 radical (unpaired) electrons. The Labute approximate surface area is 231 Å². The number of alkyl halides is 7. The van der Waals surface area contributed by atoms with Crippen LogP contribution in [0.3, 0.4) is 0 Å². The molecule has 220 valence electrons. The van der Waals surface area contributed by atoms with E-state index in [9.17, 15) is 45.6 Å². The van der Waals surface area contributed by atoms with Crippen molar-refractivity contribution in [2.24, 2.45) is 7.05 Å². The minimum atomic E-state index is -6.19. The lowest BCUT2D eigenvalue weighted by atomic mass is 10.0. The number of aryl methyl sites for hydroxylation is 1. The number of carbonyl (C=O) groups is 2. The molecule has 3 rings (SSSR count). The molecule has 0 unspecified atom stereocenters. The average Bonchev–Trinajstić information content (AvgIpc) is 3.62. The van der Waals surface area contributed by atoms with E-state index in [1.54, 1.807) is 0 Å². The van der Waals surface area contributed by atoms with Crippen LogP contribution < -0.4 is 10.1 Å². The van der Waals surface area contributed by atoms with Crippen molar-refractivity contribution in [3.63, 3.8) is 0 Å². The molecule has 0 spiro atoms. The summed E-state index contributed by atoms with van der Waals surface area (Å²) in [6.45, 7) is -3.81. The first-order chi connectivity index (χ1) is 19.0. The van der Waals surface area contributed by atoms with Crippen LogP contribution in [0.2, 0.25) is 5.02 Å². The first-order valence-electron chi connectivity index (χ1n) is 11.1. The van der Waals surface area contributed by atoms with Gasteiger partial charge in [-0.3, -0.25) is 4.79 Å². The SMILES string of the molecule is COC(=O)N(C(=O)c1cc(/C(C=N)=C/Nc2c(OC(F)F)c(C(F)(F)C(F)(F)F)nn2C)ccc1Cl)C1(C#N)CC1. The fourth-order valence-electron chi connectivity index (χ4n) is 3.59. The highest BCUT2D eigenvalue weighted by molar-refractivity contribution is 6.34. The third-order valence-corrected chi connectivity index (χ3v) is 6.16. The third kappa shape index (κ3) is 5.92. The zero-order chi connectivity index (χ0) is 30.9. The molecule has 0 atom stereocenters. The zero-order valence-corrected chi connectivity index (χ0v) is 21.6. The number of rotatable bonds is 9. The second kappa shape index (κ2) is 11.3. The molecule has 1 heterocycles. The molecular weight excluding hydrogens is 593 g/mol. The number of hydrogen-bond donors (Lipinski definition) is 2. The molecule has 1 aliphatic rings. The van der Waals surface area contributed by atoms with Gasteiger partial charge in [-0.2, -0.15) is 41.1 Å². The highest BCUT2D eigenvalue weighted by atomic mass is 35.5. The molecule has 18 heteroatoms. The van der Waals surface area contributed by atoms with Crippen molar-refractivity contribution in [1.82, 2.24) is 14.7 Å². The number of imide groups is 1. The van der Waals surface area contributed by atoms with Crippen molar-refractivity contribution in [2.45, 2.75) is 37.1 Å². The van der Waals surface area contributed by atoms with Gasteiger partial charge in [0.15, 0.2) is 17.3 Å². The molecule has 10 nitrogen and oxygen atoms in total. The van der Waals surface area contributed by atoms with E-state index in [1.165, 1.54) is 12.1 Å². The number of carbonyl (C=O) groups excluding carboxylic acids is 2. The van der Waals surface area contributed by atoms with Crippen LogP contribution in [0.25, 0.3) is 5.57 Å². The molecule has 0 bridgehead atoms. The first-order valence-corrected chi connectivity index (χ1v) is 11.5. The summed E-state index contributed by atoms with van der Waals surface area (Å²) in [5, 5.41) is 22.2. The molecule has 2 amide bonds. The Morgan fingerprint density at radius 2 is 1.93 bits per heavy atom. The van der Waals surface area contributed by atoms with Gasteiger partial charge in [-0.1, -0.05) is 17.7 Å². The lowest BCUT2D eigenvalue weighted by Crippen LogP contribution is -2.46. The van der Waals surface area contributed by atoms with E-state index in [0.29, 0.717) is 15.8 Å². The van der Waals surface area contributed by atoms with Gasteiger partial charge in [0.1, 0.15) is 5.54 Å². The normalized spacial score (nSPS) is 14.7. The zero-order valence-electron chi connectivity index (χ0n) is 20.8. The standard InChI is InChI=1S/C23H18ClF7N6O4/c1-36-17(15(41-19(25)26)16(35-36)22(27,28)23(29,30)31)34-9-12(8-32)11-3-4-14(24)13(7-11)18(38)37(20(39)40-2)21(10-33)5-6-21/h3-4,7-9,19,32,34H,5-6H2,1-2H3/b12-9+,32-8?. The van der Waals surface area contributed by atoms with Gasteiger partial charge >= 0.3 is 24.8 Å². The predicted molar refractivity (Wildman–Crippen MR) is 128 cm³/mol. The summed E-state index contributed by atoms with van der Waals surface area (Å²) in [5.41, 5.74) is -4.05. The van der Waals surface area contributed by atoms with E-state index >= 15 is 0 Å². The van der Waals surface area contributed by atoms with E-state index in [0.717, 1.165) is 26.4 Å².